The van der Waals surface area contributed by atoms with Gasteiger partial charge in [-0.3, -0.25) is 24.0 Å². The van der Waals surface area contributed by atoms with Gasteiger partial charge in [-0.05, 0) is 13.3 Å². The largest absolute Gasteiger partial charge is 0.481 e. The lowest BCUT2D eigenvalue weighted by Crippen LogP contribution is -2.57. The lowest BCUT2D eigenvalue weighted by Gasteiger charge is -2.22. The van der Waals surface area contributed by atoms with Crippen LogP contribution in [0.5, 0.6) is 0 Å². The van der Waals surface area contributed by atoms with Crippen molar-refractivity contribution < 1.29 is 39.0 Å². The van der Waals surface area contributed by atoms with Gasteiger partial charge in [-0.2, -0.15) is 12.6 Å². The number of aliphatic carboxylic acids is 2. The van der Waals surface area contributed by atoms with Crippen molar-refractivity contribution in [3.05, 3.63) is 0 Å². The van der Waals surface area contributed by atoms with Gasteiger partial charge in [0.2, 0.25) is 23.6 Å². The molecule has 0 aliphatic rings. The summed E-state index contributed by atoms with van der Waals surface area (Å²) in [6.07, 6.45) is -1.26. The topological polar surface area (TPSA) is 231 Å². The van der Waals surface area contributed by atoms with Crippen molar-refractivity contribution in [1.82, 2.24) is 16.0 Å². The number of nitrogens with two attached hydrogens (primary N) is 2. The minimum atomic E-state index is -1.47. The summed E-state index contributed by atoms with van der Waals surface area (Å²) in [6, 6.07) is -5.12. The first-order valence-corrected chi connectivity index (χ1v) is 9.02. The SMILES string of the molecule is CC(NC(=O)C(N)CC(N)=O)C(=O)NC(CS)C(=O)NC(CCC(=O)O)C(=O)O. The molecule has 0 saturated heterocycles. The zero-order chi connectivity index (χ0) is 22.7. The van der Waals surface area contributed by atoms with Crippen LogP contribution in [0, 0.1) is 0 Å². The van der Waals surface area contributed by atoms with Crippen LogP contribution in [0.15, 0.2) is 0 Å². The summed E-state index contributed by atoms with van der Waals surface area (Å²) >= 11 is 3.92. The van der Waals surface area contributed by atoms with E-state index in [-0.39, 0.29) is 12.2 Å². The number of carboxylic acids is 2. The Morgan fingerprint density at radius 3 is 1.93 bits per heavy atom. The van der Waals surface area contributed by atoms with Crippen LogP contribution < -0.4 is 27.4 Å². The van der Waals surface area contributed by atoms with Crippen molar-refractivity contribution >= 4 is 48.2 Å². The maximum Gasteiger partial charge on any atom is 0.326 e. The van der Waals surface area contributed by atoms with E-state index >= 15 is 0 Å². The number of amides is 4. The molecule has 4 amide bonds. The number of carboxylic acid groups (broad SMARTS) is 2. The van der Waals surface area contributed by atoms with Crippen LogP contribution in [0.25, 0.3) is 0 Å². The third-order valence-corrected chi connectivity index (χ3v) is 3.95. The van der Waals surface area contributed by atoms with Crippen molar-refractivity contribution in [1.29, 1.82) is 0 Å². The number of primary amides is 1. The van der Waals surface area contributed by atoms with Gasteiger partial charge < -0.3 is 37.6 Å². The van der Waals surface area contributed by atoms with E-state index in [2.05, 4.69) is 28.6 Å². The molecule has 0 heterocycles. The van der Waals surface area contributed by atoms with Crippen LogP contribution in [0.1, 0.15) is 26.2 Å². The Morgan fingerprint density at radius 1 is 0.931 bits per heavy atom. The number of rotatable bonds is 13. The molecule has 0 aromatic carbocycles. The van der Waals surface area contributed by atoms with Gasteiger partial charge in [-0.15, -0.1) is 0 Å². The Labute approximate surface area is 171 Å². The second-order valence-electron chi connectivity index (χ2n) is 6.08. The van der Waals surface area contributed by atoms with E-state index in [0.717, 1.165) is 0 Å². The fourth-order valence-corrected chi connectivity index (χ4v) is 2.24. The Bertz CT molecular complexity index is 659. The molecule has 0 saturated carbocycles. The van der Waals surface area contributed by atoms with E-state index in [1.807, 2.05) is 0 Å². The monoisotopic (exact) mass is 435 g/mol. The van der Waals surface area contributed by atoms with Crippen molar-refractivity contribution in [2.24, 2.45) is 11.5 Å². The lowest BCUT2D eigenvalue weighted by atomic mass is 10.1. The van der Waals surface area contributed by atoms with Gasteiger partial charge in [0.15, 0.2) is 0 Å². The van der Waals surface area contributed by atoms with Gasteiger partial charge >= 0.3 is 11.9 Å². The highest BCUT2D eigenvalue weighted by Gasteiger charge is 2.28. The molecule has 4 atom stereocenters. The first kappa shape index (κ1) is 26.1. The molecule has 0 radical (unpaired) electrons. The van der Waals surface area contributed by atoms with Crippen LogP contribution in [0.4, 0.5) is 0 Å². The molecule has 14 heteroatoms. The van der Waals surface area contributed by atoms with Crippen LogP contribution >= 0.6 is 12.6 Å². The van der Waals surface area contributed by atoms with Gasteiger partial charge in [0.1, 0.15) is 18.1 Å². The van der Waals surface area contributed by atoms with Crippen LogP contribution in [0.2, 0.25) is 0 Å². The predicted molar refractivity (Wildman–Crippen MR) is 102 cm³/mol. The highest BCUT2D eigenvalue weighted by molar-refractivity contribution is 7.80. The summed E-state index contributed by atoms with van der Waals surface area (Å²) in [5.74, 6) is -6.17. The van der Waals surface area contributed by atoms with Crippen molar-refractivity contribution in [2.45, 2.75) is 50.4 Å². The van der Waals surface area contributed by atoms with E-state index in [4.69, 9.17) is 21.7 Å². The molecule has 4 unspecified atom stereocenters. The van der Waals surface area contributed by atoms with Crippen LogP contribution in [-0.2, 0) is 28.8 Å². The number of nitrogens with one attached hydrogen (secondary N) is 3. The van der Waals surface area contributed by atoms with Crippen LogP contribution in [0.3, 0.4) is 0 Å². The number of carbonyl (C=O) groups excluding carboxylic acids is 4. The number of hydrogen-bond acceptors (Lipinski definition) is 8. The van der Waals surface area contributed by atoms with Crippen LogP contribution in [-0.4, -0.2) is 75.7 Å². The second-order valence-corrected chi connectivity index (χ2v) is 6.45. The fraction of sp³-hybridized carbons (Fsp3) is 0.600. The zero-order valence-electron chi connectivity index (χ0n) is 15.6. The first-order valence-electron chi connectivity index (χ1n) is 8.39. The normalized spacial score (nSPS) is 14.6. The van der Waals surface area contributed by atoms with E-state index in [0.29, 0.717) is 0 Å². The van der Waals surface area contributed by atoms with Gasteiger partial charge in [0, 0.05) is 12.2 Å². The molecule has 0 aromatic heterocycles. The summed E-state index contributed by atoms with van der Waals surface area (Å²) in [5.41, 5.74) is 10.4. The zero-order valence-corrected chi connectivity index (χ0v) is 16.5. The molecular weight excluding hydrogens is 410 g/mol. The Hall–Kier alpha value is -2.87. The highest BCUT2D eigenvalue weighted by Crippen LogP contribution is 2.00. The Morgan fingerprint density at radius 2 is 1.48 bits per heavy atom. The third-order valence-electron chi connectivity index (χ3n) is 3.59. The molecule has 164 valence electrons. The summed E-state index contributed by atoms with van der Waals surface area (Å²) in [6.45, 7) is 1.30. The molecule has 0 bridgehead atoms. The van der Waals surface area contributed by atoms with Crippen molar-refractivity contribution in [3.63, 3.8) is 0 Å². The summed E-state index contributed by atoms with van der Waals surface area (Å²) in [7, 11) is 0. The number of carbonyl (C=O) groups is 6. The number of thiol groups is 1. The average Bonchev–Trinajstić information content (AvgIpc) is 2.61. The molecule has 0 aliphatic carbocycles. The fourth-order valence-electron chi connectivity index (χ4n) is 1.98. The molecule has 29 heavy (non-hydrogen) atoms. The van der Waals surface area contributed by atoms with Crippen molar-refractivity contribution in [2.75, 3.05) is 5.75 Å². The summed E-state index contributed by atoms with van der Waals surface area (Å²) < 4.78 is 0. The maximum absolute atomic E-state index is 12.2. The number of hydrogen-bond donors (Lipinski definition) is 8. The quantitative estimate of drug-likeness (QED) is 0.134. The van der Waals surface area contributed by atoms with Gasteiger partial charge in [-0.1, -0.05) is 0 Å². The molecule has 0 spiro atoms. The molecule has 0 rings (SSSR count). The Kier molecular flexibility index (Phi) is 11.3. The van der Waals surface area contributed by atoms with E-state index in [1.54, 1.807) is 0 Å². The minimum Gasteiger partial charge on any atom is -0.481 e. The molecule has 0 aliphatic heterocycles. The highest BCUT2D eigenvalue weighted by atomic mass is 32.1. The molecular formula is C15H25N5O8S. The molecule has 0 fully saturated rings. The van der Waals surface area contributed by atoms with Crippen molar-refractivity contribution in [3.8, 4) is 0 Å². The van der Waals surface area contributed by atoms with E-state index in [1.165, 1.54) is 6.92 Å². The summed E-state index contributed by atoms with van der Waals surface area (Å²) in [5, 5.41) is 24.3. The van der Waals surface area contributed by atoms with Gasteiger partial charge in [0.25, 0.3) is 0 Å². The molecule has 13 nitrogen and oxygen atoms in total. The average molecular weight is 435 g/mol. The Balaban J connectivity index is 4.84. The molecule has 9 N–H and O–H groups in total. The van der Waals surface area contributed by atoms with Gasteiger partial charge in [-0.25, -0.2) is 4.79 Å². The van der Waals surface area contributed by atoms with E-state index in [9.17, 15) is 28.8 Å². The first-order chi connectivity index (χ1) is 13.4. The molecule has 0 aromatic rings. The van der Waals surface area contributed by atoms with Gasteiger partial charge in [0.05, 0.1) is 12.5 Å². The smallest absolute Gasteiger partial charge is 0.326 e. The maximum atomic E-state index is 12.2. The minimum absolute atomic E-state index is 0.204. The second kappa shape index (κ2) is 12.6. The predicted octanol–water partition coefficient (Wildman–Crippen LogP) is -3.46. The van der Waals surface area contributed by atoms with E-state index < -0.39 is 72.6 Å². The summed E-state index contributed by atoms with van der Waals surface area (Å²) in [4.78, 5) is 68.6. The third kappa shape index (κ3) is 10.3. The lowest BCUT2D eigenvalue weighted by molar-refractivity contribution is -0.143. The standard InChI is InChI=1S/C15H25N5O8S/c1-6(18-13(25)7(16)4-10(17)21)12(24)20-9(5-29)14(26)19-8(15(27)28)2-3-11(22)23/h6-9,29H,2-5,16H2,1H3,(H2,17,21)(H,18,25)(H,19,26)(H,20,24)(H,22,23)(H,27,28).